The normalized spacial score (nSPS) is 12.9. The van der Waals surface area contributed by atoms with Crippen molar-refractivity contribution in [2.24, 2.45) is 4.99 Å². The number of rotatable bonds is 13. The van der Waals surface area contributed by atoms with Crippen molar-refractivity contribution in [1.82, 2.24) is 10.6 Å². The Morgan fingerprint density at radius 3 is 2.54 bits per heavy atom. The molecule has 0 spiro atoms. The quantitative estimate of drug-likeness (QED) is 0.179. The van der Waals surface area contributed by atoms with Crippen LogP contribution in [0.25, 0.3) is 0 Å². The third-order valence-electron chi connectivity index (χ3n) is 3.99. The first-order chi connectivity index (χ1) is 12.9. The minimum absolute atomic E-state index is 0. The third kappa shape index (κ3) is 15.1. The Bertz CT molecular complexity index is 639. The maximum Gasteiger partial charge on any atom is 0.191 e. The number of nitrogens with one attached hydrogen (secondary N) is 2. The second kappa shape index (κ2) is 16.0. The lowest BCUT2D eigenvalue weighted by molar-refractivity contribution is 0.134. The second-order valence-corrected chi connectivity index (χ2v) is 9.04. The molecular weight excluding hydrogens is 489 g/mol. The number of hydrogen-bond donors (Lipinski definition) is 2. The Labute approximate surface area is 187 Å². The highest BCUT2D eigenvalue weighted by molar-refractivity contribution is 14.0. The zero-order valence-corrected chi connectivity index (χ0v) is 20.5. The minimum atomic E-state index is -2.93. The average Bonchev–Trinajstić information content (AvgIpc) is 2.62. The highest BCUT2D eigenvalue weighted by Crippen LogP contribution is 2.00. The molecular formula is C20H36IN3O3S. The van der Waals surface area contributed by atoms with Crippen LogP contribution in [0.15, 0.2) is 35.3 Å². The molecule has 8 heteroatoms. The molecule has 1 aromatic rings. The van der Waals surface area contributed by atoms with E-state index in [2.05, 4.69) is 27.8 Å². The number of unbranched alkanes of at least 4 members (excludes halogenated alkanes) is 1. The number of aliphatic imine (C=N–C) groups is 1. The number of ether oxygens (including phenoxy) is 1. The number of nitrogens with zero attached hydrogens (tertiary/aromatic N) is 1. The fourth-order valence-corrected chi connectivity index (χ4v) is 3.24. The van der Waals surface area contributed by atoms with Crippen LogP contribution in [0, 0.1) is 0 Å². The van der Waals surface area contributed by atoms with E-state index in [4.69, 9.17) is 4.74 Å². The van der Waals surface area contributed by atoms with Gasteiger partial charge in [0.25, 0.3) is 0 Å². The van der Waals surface area contributed by atoms with Crippen LogP contribution in [0.4, 0.5) is 0 Å². The third-order valence-corrected chi connectivity index (χ3v) is 4.97. The smallest absolute Gasteiger partial charge is 0.191 e. The van der Waals surface area contributed by atoms with Crippen molar-refractivity contribution in [3.05, 3.63) is 35.9 Å². The fourth-order valence-electron chi connectivity index (χ4n) is 2.46. The first-order valence-corrected chi connectivity index (χ1v) is 11.8. The van der Waals surface area contributed by atoms with Gasteiger partial charge in [-0.05, 0) is 45.1 Å². The Morgan fingerprint density at radius 1 is 1.18 bits per heavy atom. The van der Waals surface area contributed by atoms with Crippen LogP contribution in [-0.4, -0.2) is 58.7 Å². The molecule has 1 rings (SSSR count). The van der Waals surface area contributed by atoms with Gasteiger partial charge in [0, 0.05) is 32.0 Å². The van der Waals surface area contributed by atoms with Crippen LogP contribution >= 0.6 is 24.0 Å². The van der Waals surface area contributed by atoms with E-state index in [1.54, 1.807) is 0 Å². The molecule has 0 saturated carbocycles. The summed E-state index contributed by atoms with van der Waals surface area (Å²) < 4.78 is 28.2. The van der Waals surface area contributed by atoms with E-state index in [0.717, 1.165) is 51.5 Å². The summed E-state index contributed by atoms with van der Waals surface area (Å²) >= 11 is 0. The Kier molecular flexibility index (Phi) is 15.5. The monoisotopic (exact) mass is 525 g/mol. The second-order valence-electron chi connectivity index (χ2n) is 6.78. The lowest BCUT2D eigenvalue weighted by atomic mass is 10.2. The van der Waals surface area contributed by atoms with Crippen molar-refractivity contribution in [2.75, 3.05) is 38.3 Å². The summed E-state index contributed by atoms with van der Waals surface area (Å²) in [6, 6.07) is 10.4. The molecule has 28 heavy (non-hydrogen) atoms. The highest BCUT2D eigenvalue weighted by Gasteiger charge is 2.09. The highest BCUT2D eigenvalue weighted by atomic mass is 127. The summed E-state index contributed by atoms with van der Waals surface area (Å²) in [5.41, 5.74) is 1.30. The minimum Gasteiger partial charge on any atom is -0.381 e. The van der Waals surface area contributed by atoms with Crippen LogP contribution in [0.2, 0.25) is 0 Å². The summed E-state index contributed by atoms with van der Waals surface area (Å²) in [5.74, 6) is 0.921. The van der Waals surface area contributed by atoms with Gasteiger partial charge < -0.3 is 15.4 Å². The summed E-state index contributed by atoms with van der Waals surface area (Å²) in [5, 5.41) is 6.46. The molecule has 0 aliphatic heterocycles. The molecule has 0 aromatic heterocycles. The SMILES string of the molecule is CCNC(=NCCCCOCCc1ccccc1)NC(C)CCS(C)(=O)=O.I. The molecule has 0 radical (unpaired) electrons. The van der Waals surface area contributed by atoms with Crippen molar-refractivity contribution in [3.63, 3.8) is 0 Å². The van der Waals surface area contributed by atoms with Gasteiger partial charge in [0.2, 0.25) is 0 Å². The Hall–Kier alpha value is -0.870. The molecule has 0 aliphatic rings. The van der Waals surface area contributed by atoms with E-state index in [9.17, 15) is 8.42 Å². The molecule has 162 valence electrons. The van der Waals surface area contributed by atoms with E-state index < -0.39 is 9.84 Å². The maximum absolute atomic E-state index is 11.3. The molecule has 0 fully saturated rings. The standard InChI is InChI=1S/C20H35N3O3S.HI/c1-4-21-20(23-18(2)13-17-27(3,24)25)22-14-8-9-15-26-16-12-19-10-6-5-7-11-19;/h5-7,10-11,18H,4,8-9,12-17H2,1-3H3,(H2,21,22,23);1H. The number of guanidine groups is 1. The predicted molar refractivity (Wildman–Crippen MR) is 129 cm³/mol. The lowest BCUT2D eigenvalue weighted by Crippen LogP contribution is -2.42. The average molecular weight is 525 g/mol. The number of halogens is 1. The molecule has 0 bridgehead atoms. The summed E-state index contributed by atoms with van der Waals surface area (Å²) in [6.45, 7) is 6.97. The van der Waals surface area contributed by atoms with Gasteiger partial charge in [0.05, 0.1) is 12.4 Å². The Morgan fingerprint density at radius 2 is 1.89 bits per heavy atom. The van der Waals surface area contributed by atoms with Gasteiger partial charge in [0.15, 0.2) is 5.96 Å². The molecule has 2 N–H and O–H groups in total. The van der Waals surface area contributed by atoms with Crippen LogP contribution < -0.4 is 10.6 Å². The number of hydrogen-bond acceptors (Lipinski definition) is 4. The van der Waals surface area contributed by atoms with E-state index >= 15 is 0 Å². The topological polar surface area (TPSA) is 79.8 Å². The fraction of sp³-hybridized carbons (Fsp3) is 0.650. The van der Waals surface area contributed by atoms with Crippen LogP contribution in [0.5, 0.6) is 0 Å². The summed E-state index contributed by atoms with van der Waals surface area (Å²) in [4.78, 5) is 4.55. The van der Waals surface area contributed by atoms with Crippen molar-refractivity contribution < 1.29 is 13.2 Å². The van der Waals surface area contributed by atoms with E-state index in [1.807, 2.05) is 32.0 Å². The summed E-state index contributed by atoms with van der Waals surface area (Å²) in [7, 11) is -2.93. The molecule has 6 nitrogen and oxygen atoms in total. The first kappa shape index (κ1) is 27.1. The first-order valence-electron chi connectivity index (χ1n) is 9.75. The largest absolute Gasteiger partial charge is 0.381 e. The zero-order chi connectivity index (χ0) is 20.0. The lowest BCUT2D eigenvalue weighted by Gasteiger charge is -2.17. The number of sulfone groups is 1. The predicted octanol–water partition coefficient (Wildman–Crippen LogP) is 3.02. The van der Waals surface area contributed by atoms with Gasteiger partial charge in [-0.15, -0.1) is 24.0 Å². The molecule has 0 saturated heterocycles. The molecule has 1 unspecified atom stereocenters. The Balaban J connectivity index is 0.00000729. The van der Waals surface area contributed by atoms with E-state index in [0.29, 0.717) is 6.42 Å². The number of benzene rings is 1. The molecule has 0 heterocycles. The van der Waals surface area contributed by atoms with Crippen molar-refractivity contribution in [3.8, 4) is 0 Å². The molecule has 1 aromatic carbocycles. The van der Waals surface area contributed by atoms with Gasteiger partial charge in [-0.25, -0.2) is 8.42 Å². The van der Waals surface area contributed by atoms with Crippen molar-refractivity contribution >= 4 is 39.8 Å². The van der Waals surface area contributed by atoms with Crippen LogP contribution in [0.3, 0.4) is 0 Å². The maximum atomic E-state index is 11.3. The molecule has 0 amide bonds. The van der Waals surface area contributed by atoms with Gasteiger partial charge in [-0.2, -0.15) is 0 Å². The molecule has 0 aliphatic carbocycles. The molecule has 1 atom stereocenters. The van der Waals surface area contributed by atoms with Gasteiger partial charge >= 0.3 is 0 Å². The van der Waals surface area contributed by atoms with Gasteiger partial charge in [0.1, 0.15) is 9.84 Å². The van der Waals surface area contributed by atoms with Gasteiger partial charge in [-0.1, -0.05) is 30.3 Å². The van der Waals surface area contributed by atoms with E-state index in [-0.39, 0.29) is 35.8 Å². The van der Waals surface area contributed by atoms with Crippen molar-refractivity contribution in [1.29, 1.82) is 0 Å². The van der Waals surface area contributed by atoms with E-state index in [1.165, 1.54) is 11.8 Å². The van der Waals surface area contributed by atoms with Crippen LogP contribution in [0.1, 0.15) is 38.7 Å². The van der Waals surface area contributed by atoms with Crippen molar-refractivity contribution in [2.45, 2.75) is 45.6 Å². The van der Waals surface area contributed by atoms with Crippen LogP contribution in [-0.2, 0) is 21.0 Å². The van der Waals surface area contributed by atoms with Gasteiger partial charge in [-0.3, -0.25) is 4.99 Å². The summed E-state index contributed by atoms with van der Waals surface area (Å²) in [6.07, 6.45) is 4.71. The zero-order valence-electron chi connectivity index (χ0n) is 17.3.